The fourth-order valence-corrected chi connectivity index (χ4v) is 9.93. The lowest BCUT2D eigenvalue weighted by atomic mass is 10.1. The molecule has 0 saturated carbocycles. The van der Waals surface area contributed by atoms with Gasteiger partial charge in [-0.15, -0.1) is 11.3 Å². The zero-order chi connectivity index (χ0) is 33.9. The summed E-state index contributed by atoms with van der Waals surface area (Å²) in [6.45, 7) is 0. The third kappa shape index (κ3) is 3.74. The van der Waals surface area contributed by atoms with Crippen LogP contribution in [0.4, 0.5) is 0 Å². The van der Waals surface area contributed by atoms with Gasteiger partial charge in [-0.1, -0.05) is 103 Å². The number of benzene rings is 8. The standard InChI is InChI=1S/C48H29N3S/c1-2-12-30(13-3-1)49-41-18-8-6-16-35(41)39-28-31(22-26-44(39)49)50-42-19-9-4-14-33(42)37-24-25-38-34-15-5-10-20-43(34)51(48(38)47(37)50)32-23-27-46-40(29-32)36-17-7-11-21-45(36)52-46/h1-29H. The Morgan fingerprint density at radius 2 is 0.731 bits per heavy atom. The van der Waals surface area contributed by atoms with Crippen LogP contribution in [0.25, 0.3) is 103 Å². The minimum atomic E-state index is 1.15. The molecule has 0 bridgehead atoms. The number of thiophene rings is 1. The molecule has 52 heavy (non-hydrogen) atoms. The van der Waals surface area contributed by atoms with E-state index >= 15 is 0 Å². The van der Waals surface area contributed by atoms with E-state index in [0.29, 0.717) is 0 Å². The molecule has 0 unspecified atom stereocenters. The van der Waals surface area contributed by atoms with E-state index in [9.17, 15) is 0 Å². The van der Waals surface area contributed by atoms with Crippen LogP contribution in [0, 0.1) is 0 Å². The molecule has 0 amide bonds. The normalized spacial score (nSPS) is 12.2. The molecule has 12 rings (SSSR count). The Morgan fingerprint density at radius 3 is 1.38 bits per heavy atom. The van der Waals surface area contributed by atoms with Crippen molar-refractivity contribution in [2.45, 2.75) is 0 Å². The van der Waals surface area contributed by atoms with Crippen LogP contribution < -0.4 is 0 Å². The third-order valence-electron chi connectivity index (χ3n) is 11.0. The largest absolute Gasteiger partial charge is 0.309 e. The zero-order valence-corrected chi connectivity index (χ0v) is 28.8. The second kappa shape index (κ2) is 10.5. The first-order valence-electron chi connectivity index (χ1n) is 17.8. The van der Waals surface area contributed by atoms with Crippen molar-refractivity contribution in [1.82, 2.24) is 13.7 Å². The molecule has 12 aromatic rings. The number of nitrogens with zero attached hydrogens (tertiary/aromatic N) is 3. The van der Waals surface area contributed by atoms with Crippen molar-refractivity contribution < 1.29 is 0 Å². The molecule has 0 aliphatic carbocycles. The molecule has 0 aliphatic rings. The van der Waals surface area contributed by atoms with Crippen LogP contribution in [0.2, 0.25) is 0 Å². The molecule has 3 nitrogen and oxygen atoms in total. The van der Waals surface area contributed by atoms with Gasteiger partial charge in [0.2, 0.25) is 0 Å². The highest BCUT2D eigenvalue weighted by Gasteiger charge is 2.22. The van der Waals surface area contributed by atoms with E-state index in [2.05, 4.69) is 190 Å². The first-order chi connectivity index (χ1) is 25.8. The topological polar surface area (TPSA) is 14.8 Å². The van der Waals surface area contributed by atoms with Crippen LogP contribution in [0.15, 0.2) is 176 Å². The van der Waals surface area contributed by atoms with E-state index < -0.39 is 0 Å². The SMILES string of the molecule is c1ccc(-n2c3ccccc3c3cc(-n4c5ccccc5c5ccc6c7ccccc7n(-c7ccc8sc9ccccc9c8c7)c6c54)ccc32)cc1. The number of rotatable bonds is 3. The summed E-state index contributed by atoms with van der Waals surface area (Å²) >= 11 is 1.87. The average molecular weight is 680 g/mol. The number of aromatic nitrogens is 3. The highest BCUT2D eigenvalue weighted by Crippen LogP contribution is 2.44. The summed E-state index contributed by atoms with van der Waals surface area (Å²) in [5.74, 6) is 0. The predicted molar refractivity (Wildman–Crippen MR) is 222 cm³/mol. The minimum Gasteiger partial charge on any atom is -0.309 e. The molecule has 0 fully saturated rings. The Bertz CT molecular complexity index is 3410. The van der Waals surface area contributed by atoms with Gasteiger partial charge >= 0.3 is 0 Å². The Balaban J connectivity index is 1.23. The Hall–Kier alpha value is -6.62. The van der Waals surface area contributed by atoms with Gasteiger partial charge < -0.3 is 13.7 Å². The van der Waals surface area contributed by atoms with E-state index in [1.165, 1.54) is 97.0 Å². The molecule has 4 heterocycles. The smallest absolute Gasteiger partial charge is 0.0788 e. The van der Waals surface area contributed by atoms with Crippen LogP contribution in [0.1, 0.15) is 0 Å². The van der Waals surface area contributed by atoms with Crippen LogP contribution >= 0.6 is 11.3 Å². The maximum Gasteiger partial charge on any atom is 0.0788 e. The number of para-hydroxylation sites is 4. The van der Waals surface area contributed by atoms with Crippen molar-refractivity contribution >= 4 is 96.9 Å². The van der Waals surface area contributed by atoms with Crippen LogP contribution in [-0.4, -0.2) is 13.7 Å². The molecule has 0 aliphatic heterocycles. The maximum atomic E-state index is 2.51. The summed E-state index contributed by atoms with van der Waals surface area (Å²) < 4.78 is 10.0. The summed E-state index contributed by atoms with van der Waals surface area (Å²) in [7, 11) is 0. The highest BCUT2D eigenvalue weighted by molar-refractivity contribution is 7.25. The second-order valence-corrected chi connectivity index (χ2v) is 14.8. The average Bonchev–Trinajstić information content (AvgIpc) is 3.94. The molecule has 0 atom stereocenters. The van der Waals surface area contributed by atoms with Gasteiger partial charge in [-0.05, 0) is 72.8 Å². The molecule has 0 spiro atoms. The Morgan fingerprint density at radius 1 is 0.269 bits per heavy atom. The van der Waals surface area contributed by atoms with Crippen LogP contribution in [0.3, 0.4) is 0 Å². The van der Waals surface area contributed by atoms with Gasteiger partial charge in [-0.25, -0.2) is 0 Å². The summed E-state index contributed by atoms with van der Waals surface area (Å²) in [6, 6.07) is 64.7. The van der Waals surface area contributed by atoms with Crippen molar-refractivity contribution in [3.05, 3.63) is 176 Å². The van der Waals surface area contributed by atoms with Gasteiger partial charge in [0.05, 0.1) is 33.1 Å². The fourth-order valence-electron chi connectivity index (χ4n) is 8.85. The van der Waals surface area contributed by atoms with Crippen molar-refractivity contribution in [2.75, 3.05) is 0 Å². The molecular formula is C48H29N3S. The van der Waals surface area contributed by atoms with Crippen LogP contribution in [0.5, 0.6) is 0 Å². The van der Waals surface area contributed by atoms with E-state index in [-0.39, 0.29) is 0 Å². The van der Waals surface area contributed by atoms with Gasteiger partial charge in [0.15, 0.2) is 0 Å². The molecule has 4 aromatic heterocycles. The van der Waals surface area contributed by atoms with Crippen molar-refractivity contribution in [3.63, 3.8) is 0 Å². The van der Waals surface area contributed by atoms with E-state index in [1.807, 2.05) is 11.3 Å². The van der Waals surface area contributed by atoms with E-state index in [1.54, 1.807) is 0 Å². The zero-order valence-electron chi connectivity index (χ0n) is 28.0. The van der Waals surface area contributed by atoms with Crippen molar-refractivity contribution in [3.8, 4) is 17.1 Å². The number of fused-ring (bicyclic) bond motifs is 13. The molecule has 242 valence electrons. The lowest BCUT2D eigenvalue weighted by Gasteiger charge is -2.13. The summed E-state index contributed by atoms with van der Waals surface area (Å²) in [4.78, 5) is 0. The van der Waals surface area contributed by atoms with E-state index in [0.717, 1.165) is 5.69 Å². The molecule has 8 aromatic carbocycles. The summed E-state index contributed by atoms with van der Waals surface area (Å²) in [5, 5.41) is 10.1. The lowest BCUT2D eigenvalue weighted by Crippen LogP contribution is -1.99. The first kappa shape index (κ1) is 28.1. The predicted octanol–water partition coefficient (Wildman–Crippen LogP) is 13.3. The number of hydrogen-bond acceptors (Lipinski definition) is 1. The van der Waals surface area contributed by atoms with E-state index in [4.69, 9.17) is 0 Å². The fraction of sp³-hybridized carbons (Fsp3) is 0. The van der Waals surface area contributed by atoms with Crippen molar-refractivity contribution in [2.24, 2.45) is 0 Å². The summed E-state index contributed by atoms with van der Waals surface area (Å²) in [5.41, 5.74) is 10.8. The van der Waals surface area contributed by atoms with Crippen molar-refractivity contribution in [1.29, 1.82) is 0 Å². The van der Waals surface area contributed by atoms with Gasteiger partial charge in [0, 0.05) is 69.6 Å². The monoisotopic (exact) mass is 679 g/mol. The molecule has 0 radical (unpaired) electrons. The molecular weight excluding hydrogens is 651 g/mol. The van der Waals surface area contributed by atoms with Crippen LogP contribution in [-0.2, 0) is 0 Å². The molecule has 4 heteroatoms. The third-order valence-corrected chi connectivity index (χ3v) is 12.2. The molecule has 0 saturated heterocycles. The van der Waals surface area contributed by atoms with Gasteiger partial charge in [0.1, 0.15) is 0 Å². The quantitative estimate of drug-likeness (QED) is 0.177. The Kier molecular flexibility index (Phi) is 5.65. The number of hydrogen-bond donors (Lipinski definition) is 0. The van der Waals surface area contributed by atoms with Gasteiger partial charge in [-0.2, -0.15) is 0 Å². The highest BCUT2D eigenvalue weighted by atomic mass is 32.1. The minimum absolute atomic E-state index is 1.15. The Labute approximate surface area is 302 Å². The lowest BCUT2D eigenvalue weighted by molar-refractivity contribution is 1.15. The molecule has 0 N–H and O–H groups in total. The van der Waals surface area contributed by atoms with Gasteiger partial charge in [0.25, 0.3) is 0 Å². The van der Waals surface area contributed by atoms with Gasteiger partial charge in [-0.3, -0.25) is 0 Å². The second-order valence-electron chi connectivity index (χ2n) is 13.7. The summed E-state index contributed by atoms with van der Waals surface area (Å²) in [6.07, 6.45) is 0. The first-order valence-corrected chi connectivity index (χ1v) is 18.6. The maximum absolute atomic E-state index is 2.51.